The third-order valence-corrected chi connectivity index (χ3v) is 5.86. The van der Waals surface area contributed by atoms with E-state index in [2.05, 4.69) is 20.4 Å². The number of rotatable bonds is 0. The third-order valence-electron chi connectivity index (χ3n) is 5.86. The van der Waals surface area contributed by atoms with Crippen LogP contribution in [0.2, 0.25) is 0 Å². The van der Waals surface area contributed by atoms with Crippen LogP contribution in [-0.2, 0) is 4.84 Å². The first-order valence-electron chi connectivity index (χ1n) is 9.89. The average molecular weight is 421 g/mol. The molecule has 31 heavy (non-hydrogen) atoms. The summed E-state index contributed by atoms with van der Waals surface area (Å²) in [6.45, 7) is 0.572. The number of fused-ring (bicyclic) bond motifs is 5. The number of amides is 1. The number of nitrogens with zero attached hydrogens (tertiary/aromatic N) is 6. The molecule has 1 saturated carbocycles. The molecule has 2 bridgehead atoms. The molecule has 3 aliphatic rings. The van der Waals surface area contributed by atoms with E-state index < -0.39 is 17.3 Å². The number of carbonyl (C=O) groups is 1. The van der Waals surface area contributed by atoms with Crippen LogP contribution >= 0.6 is 0 Å². The summed E-state index contributed by atoms with van der Waals surface area (Å²) >= 11 is 0. The van der Waals surface area contributed by atoms with E-state index in [1.165, 1.54) is 10.6 Å². The van der Waals surface area contributed by atoms with Crippen molar-refractivity contribution in [3.05, 3.63) is 47.2 Å². The number of hydroxylamine groups is 1. The molecule has 2 fully saturated rings. The minimum absolute atomic E-state index is 0.0142. The fourth-order valence-electron chi connectivity index (χ4n) is 4.08. The Kier molecular flexibility index (Phi) is 3.70. The number of nitriles is 1. The van der Waals surface area contributed by atoms with Gasteiger partial charge in [0.25, 0.3) is 5.91 Å². The van der Waals surface area contributed by atoms with Gasteiger partial charge in [-0.2, -0.15) is 10.4 Å². The van der Waals surface area contributed by atoms with Gasteiger partial charge in [-0.3, -0.25) is 9.63 Å². The molecule has 1 saturated heterocycles. The summed E-state index contributed by atoms with van der Waals surface area (Å²) in [4.78, 5) is 27.7. The SMILES string of the molecule is N#Cc1nn2ccc3nc2c1C(=O)NC1(CC1)COc1ncc(F)cc1C1CCON31. The zero-order valence-electron chi connectivity index (χ0n) is 16.2. The fraction of sp³-hybridized carbons (Fsp3) is 0.350. The number of anilines is 1. The minimum atomic E-state index is -0.580. The topological polar surface area (TPSA) is 118 Å². The van der Waals surface area contributed by atoms with E-state index in [4.69, 9.17) is 9.57 Å². The highest BCUT2D eigenvalue weighted by molar-refractivity contribution is 6.02. The highest BCUT2D eigenvalue weighted by Crippen LogP contribution is 2.41. The summed E-state index contributed by atoms with van der Waals surface area (Å²) in [5, 5.41) is 18.2. The predicted molar refractivity (Wildman–Crippen MR) is 103 cm³/mol. The molecule has 1 unspecified atom stereocenters. The van der Waals surface area contributed by atoms with Crippen molar-refractivity contribution >= 4 is 17.4 Å². The second kappa shape index (κ2) is 6.36. The Morgan fingerprint density at radius 2 is 2.26 bits per heavy atom. The minimum Gasteiger partial charge on any atom is -0.475 e. The van der Waals surface area contributed by atoms with Crippen LogP contribution < -0.4 is 15.1 Å². The quantitative estimate of drug-likeness (QED) is 0.583. The Hall–Kier alpha value is -3.78. The van der Waals surface area contributed by atoms with Crippen LogP contribution in [0.4, 0.5) is 10.2 Å². The van der Waals surface area contributed by atoms with E-state index in [9.17, 15) is 14.4 Å². The number of aromatic nitrogens is 4. The molecule has 3 aromatic heterocycles. The molecule has 1 amide bonds. The van der Waals surface area contributed by atoms with Crippen LogP contribution in [-0.4, -0.2) is 44.2 Å². The van der Waals surface area contributed by atoms with E-state index >= 15 is 0 Å². The van der Waals surface area contributed by atoms with Gasteiger partial charge in [0.1, 0.15) is 24.1 Å². The van der Waals surface area contributed by atoms with Crippen molar-refractivity contribution in [1.29, 1.82) is 5.26 Å². The Morgan fingerprint density at radius 1 is 1.39 bits per heavy atom. The lowest BCUT2D eigenvalue weighted by Crippen LogP contribution is -2.41. The van der Waals surface area contributed by atoms with Crippen molar-refractivity contribution in [2.24, 2.45) is 0 Å². The normalized spacial score (nSPS) is 21.4. The van der Waals surface area contributed by atoms with Gasteiger partial charge in [-0.15, -0.1) is 0 Å². The first kappa shape index (κ1) is 18.0. The van der Waals surface area contributed by atoms with E-state index in [0.717, 1.165) is 6.20 Å². The van der Waals surface area contributed by atoms with Crippen LogP contribution in [0, 0.1) is 17.1 Å². The van der Waals surface area contributed by atoms with E-state index in [0.29, 0.717) is 43.1 Å². The molecule has 2 aliphatic heterocycles. The molecule has 3 aromatic rings. The Bertz CT molecular complexity index is 1280. The Morgan fingerprint density at radius 3 is 3.06 bits per heavy atom. The molecule has 1 spiro atoms. The van der Waals surface area contributed by atoms with Gasteiger partial charge < -0.3 is 10.1 Å². The van der Waals surface area contributed by atoms with Crippen LogP contribution in [0.3, 0.4) is 0 Å². The van der Waals surface area contributed by atoms with Crippen molar-refractivity contribution in [2.75, 3.05) is 18.3 Å². The molecule has 5 heterocycles. The zero-order valence-corrected chi connectivity index (χ0v) is 16.2. The molecule has 0 radical (unpaired) electrons. The van der Waals surface area contributed by atoms with Crippen molar-refractivity contribution in [3.8, 4) is 11.9 Å². The monoisotopic (exact) mass is 421 g/mol. The van der Waals surface area contributed by atoms with Crippen LogP contribution in [0.1, 0.15) is 46.9 Å². The molecule has 156 valence electrons. The van der Waals surface area contributed by atoms with Gasteiger partial charge in [0.05, 0.1) is 24.4 Å². The number of pyridine rings is 1. The number of hydrogen-bond acceptors (Lipinski definition) is 8. The lowest BCUT2D eigenvalue weighted by atomic mass is 10.1. The smallest absolute Gasteiger partial charge is 0.258 e. The number of carbonyl (C=O) groups excluding carboxylic acids is 1. The second-order valence-electron chi connectivity index (χ2n) is 7.92. The summed E-state index contributed by atoms with van der Waals surface area (Å²) < 4.78 is 21.5. The second-order valence-corrected chi connectivity index (χ2v) is 7.92. The van der Waals surface area contributed by atoms with Crippen molar-refractivity contribution in [3.63, 3.8) is 0 Å². The van der Waals surface area contributed by atoms with Crippen LogP contribution in [0.25, 0.3) is 5.65 Å². The largest absolute Gasteiger partial charge is 0.475 e. The van der Waals surface area contributed by atoms with Crippen LogP contribution in [0.5, 0.6) is 5.88 Å². The van der Waals surface area contributed by atoms with Gasteiger partial charge in [0.2, 0.25) is 5.88 Å². The van der Waals surface area contributed by atoms with E-state index in [1.807, 2.05) is 6.07 Å². The Balaban J connectivity index is 1.57. The molecule has 6 rings (SSSR count). The molecule has 1 atom stereocenters. The van der Waals surface area contributed by atoms with Gasteiger partial charge in [-0.25, -0.2) is 23.9 Å². The predicted octanol–water partition coefficient (Wildman–Crippen LogP) is 1.67. The maximum atomic E-state index is 14.1. The maximum absolute atomic E-state index is 14.1. The van der Waals surface area contributed by atoms with E-state index in [-0.39, 0.29) is 29.6 Å². The van der Waals surface area contributed by atoms with Crippen molar-refractivity contribution in [2.45, 2.75) is 30.8 Å². The average Bonchev–Trinajstić information content (AvgIpc) is 3.20. The zero-order chi connectivity index (χ0) is 21.2. The lowest BCUT2D eigenvalue weighted by molar-refractivity contribution is 0.0912. The highest BCUT2D eigenvalue weighted by atomic mass is 19.1. The first-order chi connectivity index (χ1) is 15.1. The van der Waals surface area contributed by atoms with Crippen molar-refractivity contribution < 1.29 is 18.8 Å². The number of hydrogen-bond donors (Lipinski definition) is 1. The summed E-state index contributed by atoms with van der Waals surface area (Å²) in [5.74, 6) is -0.219. The molecular formula is C20H16FN7O3. The number of halogens is 1. The lowest BCUT2D eigenvalue weighted by Gasteiger charge is -2.25. The van der Waals surface area contributed by atoms with Gasteiger partial charge in [-0.05, 0) is 18.9 Å². The first-order valence-corrected chi connectivity index (χ1v) is 9.89. The summed E-state index contributed by atoms with van der Waals surface area (Å²) in [5.41, 5.74) is 0.302. The van der Waals surface area contributed by atoms with E-state index in [1.54, 1.807) is 17.3 Å². The molecule has 0 aromatic carbocycles. The highest BCUT2D eigenvalue weighted by Gasteiger charge is 2.46. The van der Waals surface area contributed by atoms with Crippen molar-refractivity contribution in [1.82, 2.24) is 24.9 Å². The summed E-state index contributed by atoms with van der Waals surface area (Å²) in [6, 6.07) is 4.65. The standard InChI is InChI=1S/C20H16FN7O3/c21-11-7-12-14-2-6-31-28(14)15-1-5-27-17(24-15)16(13(8-22)26-27)18(29)25-20(3-4-20)10-30-19(12)23-9-11/h1,5,7,9,14H,2-4,6,10H2,(H,25,29). The van der Waals surface area contributed by atoms with Crippen LogP contribution in [0.15, 0.2) is 24.5 Å². The molecule has 1 aliphatic carbocycles. The molecule has 10 nitrogen and oxygen atoms in total. The molecule has 11 heteroatoms. The number of ether oxygens (including phenoxy) is 1. The maximum Gasteiger partial charge on any atom is 0.258 e. The molecule has 1 N–H and O–H groups in total. The summed E-state index contributed by atoms with van der Waals surface area (Å²) in [6.07, 6.45) is 4.73. The van der Waals surface area contributed by atoms with Gasteiger partial charge in [-0.1, -0.05) is 0 Å². The fourth-order valence-corrected chi connectivity index (χ4v) is 4.08. The number of nitrogens with one attached hydrogen (secondary N) is 1. The van der Waals surface area contributed by atoms with Gasteiger partial charge in [0, 0.05) is 24.2 Å². The summed E-state index contributed by atoms with van der Waals surface area (Å²) in [7, 11) is 0. The Labute approximate surface area is 175 Å². The molecular weight excluding hydrogens is 405 g/mol. The third kappa shape index (κ3) is 2.79. The van der Waals surface area contributed by atoms with Gasteiger partial charge in [0.15, 0.2) is 17.2 Å². The van der Waals surface area contributed by atoms with Gasteiger partial charge >= 0.3 is 0 Å².